The number of sulfonamides is 1. The van der Waals surface area contributed by atoms with Crippen molar-refractivity contribution in [1.82, 2.24) is 10.2 Å². The Kier molecular flexibility index (Phi) is 11.3. The van der Waals surface area contributed by atoms with Gasteiger partial charge in [0.15, 0.2) is 0 Å². The van der Waals surface area contributed by atoms with Gasteiger partial charge in [0.1, 0.15) is 24.2 Å². The van der Waals surface area contributed by atoms with Crippen LogP contribution in [0.25, 0.3) is 0 Å². The van der Waals surface area contributed by atoms with E-state index in [4.69, 9.17) is 11.6 Å². The molecule has 4 rings (SSSR count). The molecule has 0 radical (unpaired) electrons. The Labute approximate surface area is 267 Å². The smallest absolute Gasteiger partial charge is 0.264 e. The van der Waals surface area contributed by atoms with Crippen LogP contribution < -0.4 is 9.62 Å². The highest BCUT2D eigenvalue weighted by Gasteiger charge is 2.34. The number of amides is 2. The molecular formula is C34H34ClF2N3O4S. The second-order valence-electron chi connectivity index (χ2n) is 10.9. The Bertz CT molecular complexity index is 1710. The minimum absolute atomic E-state index is 0.0378. The largest absolute Gasteiger partial charge is 0.354 e. The van der Waals surface area contributed by atoms with Crippen molar-refractivity contribution in [2.75, 3.05) is 17.4 Å². The molecule has 0 aliphatic carbocycles. The summed E-state index contributed by atoms with van der Waals surface area (Å²) in [5.41, 5.74) is 1.27. The molecule has 2 amide bonds. The molecule has 0 heterocycles. The lowest BCUT2D eigenvalue weighted by Gasteiger charge is -2.34. The molecule has 1 unspecified atom stereocenters. The molecule has 11 heteroatoms. The van der Waals surface area contributed by atoms with Gasteiger partial charge in [0.05, 0.1) is 15.6 Å². The number of hydrogen-bond donors (Lipinski definition) is 1. The average molecular weight is 654 g/mol. The SMILES string of the molecule is CC(C)CNC(=O)C(Cc1ccccc1)N(Cc1ccc(F)cc1)C(=O)CN(c1ccc(F)c(Cl)c1)S(=O)(=O)c1ccccc1. The Morgan fingerprint density at radius 2 is 1.47 bits per heavy atom. The van der Waals surface area contributed by atoms with Crippen molar-refractivity contribution in [3.05, 3.63) is 131 Å². The normalized spacial score (nSPS) is 12.0. The predicted octanol–water partition coefficient (Wildman–Crippen LogP) is 6.23. The van der Waals surface area contributed by atoms with E-state index in [0.717, 1.165) is 22.0 Å². The van der Waals surface area contributed by atoms with Gasteiger partial charge < -0.3 is 10.2 Å². The van der Waals surface area contributed by atoms with Gasteiger partial charge in [0.2, 0.25) is 11.8 Å². The molecule has 236 valence electrons. The first-order valence-corrected chi connectivity index (χ1v) is 16.2. The van der Waals surface area contributed by atoms with Crippen molar-refractivity contribution >= 4 is 39.1 Å². The van der Waals surface area contributed by atoms with Crippen LogP contribution in [-0.4, -0.2) is 44.3 Å². The van der Waals surface area contributed by atoms with Gasteiger partial charge in [-0.2, -0.15) is 0 Å². The standard InChI is InChI=1S/C34H34ClF2N3O4S/c1-24(2)21-38-34(42)32(19-25-9-5-3-6-10-25)39(22-26-13-15-27(36)16-14-26)33(41)23-40(28-17-18-31(37)30(35)20-28)45(43,44)29-11-7-4-8-12-29/h3-18,20,24,32H,19,21-23H2,1-2H3,(H,38,42). The zero-order valence-corrected chi connectivity index (χ0v) is 26.4. The summed E-state index contributed by atoms with van der Waals surface area (Å²) in [7, 11) is -4.36. The second-order valence-corrected chi connectivity index (χ2v) is 13.2. The highest BCUT2D eigenvalue weighted by atomic mass is 35.5. The molecular weight excluding hydrogens is 620 g/mol. The Hall–Kier alpha value is -4.28. The van der Waals surface area contributed by atoms with Crippen LogP contribution in [0.1, 0.15) is 25.0 Å². The van der Waals surface area contributed by atoms with Crippen LogP contribution in [0.3, 0.4) is 0 Å². The van der Waals surface area contributed by atoms with E-state index in [1.807, 2.05) is 44.2 Å². The zero-order chi connectivity index (χ0) is 32.6. The van der Waals surface area contributed by atoms with Crippen LogP contribution in [0.4, 0.5) is 14.5 Å². The summed E-state index contributed by atoms with van der Waals surface area (Å²) in [4.78, 5) is 29.3. The van der Waals surface area contributed by atoms with Gasteiger partial charge in [0, 0.05) is 19.5 Å². The number of carbonyl (C=O) groups is 2. The molecule has 0 saturated carbocycles. The van der Waals surface area contributed by atoms with Crippen LogP contribution in [0, 0.1) is 17.6 Å². The third-order valence-corrected chi connectivity index (χ3v) is 9.10. The molecule has 4 aromatic carbocycles. The predicted molar refractivity (Wildman–Crippen MR) is 171 cm³/mol. The minimum atomic E-state index is -4.36. The Balaban J connectivity index is 1.80. The van der Waals surface area contributed by atoms with Crippen LogP contribution >= 0.6 is 11.6 Å². The lowest BCUT2D eigenvalue weighted by molar-refractivity contribution is -0.140. The third-order valence-electron chi connectivity index (χ3n) is 7.02. The maximum atomic E-state index is 14.4. The van der Waals surface area contributed by atoms with Crippen molar-refractivity contribution in [3.63, 3.8) is 0 Å². The number of anilines is 1. The maximum Gasteiger partial charge on any atom is 0.264 e. The summed E-state index contributed by atoms with van der Waals surface area (Å²) >= 11 is 6.04. The molecule has 0 aliphatic heterocycles. The number of nitrogens with one attached hydrogen (secondary N) is 1. The quantitative estimate of drug-likeness (QED) is 0.186. The third kappa shape index (κ3) is 8.89. The zero-order valence-electron chi connectivity index (χ0n) is 24.9. The number of rotatable bonds is 13. The van der Waals surface area contributed by atoms with E-state index in [2.05, 4.69) is 5.32 Å². The van der Waals surface area contributed by atoms with Gasteiger partial charge in [0.25, 0.3) is 10.0 Å². The Morgan fingerprint density at radius 1 is 0.844 bits per heavy atom. The van der Waals surface area contributed by atoms with E-state index in [0.29, 0.717) is 12.1 Å². The van der Waals surface area contributed by atoms with Crippen molar-refractivity contribution in [2.24, 2.45) is 5.92 Å². The van der Waals surface area contributed by atoms with Gasteiger partial charge >= 0.3 is 0 Å². The molecule has 4 aromatic rings. The molecule has 0 spiro atoms. The van der Waals surface area contributed by atoms with E-state index in [1.165, 1.54) is 47.4 Å². The summed E-state index contributed by atoms with van der Waals surface area (Å²) in [6.07, 6.45) is 0.130. The van der Waals surface area contributed by atoms with Gasteiger partial charge in [-0.3, -0.25) is 13.9 Å². The Morgan fingerprint density at radius 3 is 2.07 bits per heavy atom. The fraction of sp³-hybridized carbons (Fsp3) is 0.235. The molecule has 7 nitrogen and oxygen atoms in total. The first-order valence-electron chi connectivity index (χ1n) is 14.3. The van der Waals surface area contributed by atoms with Crippen molar-refractivity contribution in [1.29, 1.82) is 0 Å². The van der Waals surface area contributed by atoms with Crippen molar-refractivity contribution in [2.45, 2.75) is 37.8 Å². The first kappa shape index (κ1) is 33.6. The van der Waals surface area contributed by atoms with Gasteiger partial charge in [-0.25, -0.2) is 17.2 Å². The summed E-state index contributed by atoms with van der Waals surface area (Å²) in [5.74, 6) is -2.24. The van der Waals surface area contributed by atoms with E-state index in [-0.39, 0.29) is 34.5 Å². The lowest BCUT2D eigenvalue weighted by atomic mass is 10.0. The van der Waals surface area contributed by atoms with E-state index < -0.39 is 46.1 Å². The van der Waals surface area contributed by atoms with E-state index in [1.54, 1.807) is 18.2 Å². The molecule has 0 fully saturated rings. The summed E-state index contributed by atoms with van der Waals surface area (Å²) in [6, 6.07) is 24.4. The number of carbonyl (C=O) groups excluding carboxylic acids is 2. The topological polar surface area (TPSA) is 86.8 Å². The first-order chi connectivity index (χ1) is 21.5. The number of benzene rings is 4. The maximum absolute atomic E-state index is 14.4. The number of hydrogen-bond acceptors (Lipinski definition) is 4. The van der Waals surface area contributed by atoms with Gasteiger partial charge in [-0.15, -0.1) is 0 Å². The highest BCUT2D eigenvalue weighted by Crippen LogP contribution is 2.28. The van der Waals surface area contributed by atoms with E-state index >= 15 is 0 Å². The van der Waals surface area contributed by atoms with Crippen molar-refractivity contribution < 1.29 is 26.8 Å². The van der Waals surface area contributed by atoms with Crippen LogP contribution in [0.15, 0.2) is 108 Å². The average Bonchev–Trinajstić information content (AvgIpc) is 3.03. The second kappa shape index (κ2) is 15.1. The fourth-order valence-corrected chi connectivity index (χ4v) is 6.25. The monoisotopic (exact) mass is 653 g/mol. The summed E-state index contributed by atoms with van der Waals surface area (Å²) in [6.45, 7) is 3.38. The number of halogens is 3. The molecule has 45 heavy (non-hydrogen) atoms. The van der Waals surface area contributed by atoms with Crippen LogP contribution in [-0.2, 0) is 32.6 Å². The van der Waals surface area contributed by atoms with Gasteiger partial charge in [-0.05, 0) is 59.5 Å². The van der Waals surface area contributed by atoms with E-state index in [9.17, 15) is 26.8 Å². The highest BCUT2D eigenvalue weighted by molar-refractivity contribution is 7.92. The molecule has 0 bridgehead atoms. The number of nitrogens with zero attached hydrogens (tertiary/aromatic N) is 2. The van der Waals surface area contributed by atoms with Gasteiger partial charge in [-0.1, -0.05) is 86.1 Å². The fourth-order valence-electron chi connectivity index (χ4n) is 4.65. The molecule has 1 N–H and O–H groups in total. The lowest BCUT2D eigenvalue weighted by Crippen LogP contribution is -2.53. The molecule has 1 atom stereocenters. The molecule has 0 saturated heterocycles. The summed E-state index contributed by atoms with van der Waals surface area (Å²) in [5, 5.41) is 2.58. The molecule has 0 aromatic heterocycles. The minimum Gasteiger partial charge on any atom is -0.354 e. The summed E-state index contributed by atoms with van der Waals surface area (Å²) < 4.78 is 56.7. The molecule has 0 aliphatic rings. The van der Waals surface area contributed by atoms with Crippen LogP contribution in [0.2, 0.25) is 5.02 Å². The van der Waals surface area contributed by atoms with Crippen LogP contribution in [0.5, 0.6) is 0 Å². The van der Waals surface area contributed by atoms with Crippen molar-refractivity contribution in [3.8, 4) is 0 Å².